The zero-order valence-corrected chi connectivity index (χ0v) is 14.2. The van der Waals surface area contributed by atoms with E-state index in [4.69, 9.17) is 4.74 Å². The Labute approximate surface area is 144 Å². The van der Waals surface area contributed by atoms with E-state index in [-0.39, 0.29) is 11.2 Å². The third-order valence-corrected chi connectivity index (χ3v) is 4.52. The van der Waals surface area contributed by atoms with Gasteiger partial charge < -0.3 is 4.74 Å². The maximum absolute atomic E-state index is 11.7. The fraction of sp³-hybridized carbons (Fsp3) is 0.167. The van der Waals surface area contributed by atoms with Crippen LogP contribution in [-0.4, -0.2) is 33.1 Å². The summed E-state index contributed by atoms with van der Waals surface area (Å²) in [5.74, 6) is 0.449. The number of thioether (sulfide) groups is 1. The lowest BCUT2D eigenvalue weighted by molar-refractivity contribution is -0.139. The van der Waals surface area contributed by atoms with Crippen LogP contribution in [0.4, 0.5) is 0 Å². The van der Waals surface area contributed by atoms with Gasteiger partial charge in [0.25, 0.3) is 0 Å². The number of nitrogens with zero attached hydrogens (tertiary/aromatic N) is 3. The highest BCUT2D eigenvalue weighted by atomic mass is 32.2. The summed E-state index contributed by atoms with van der Waals surface area (Å²) in [7, 11) is 1.39. The minimum Gasteiger partial charge on any atom is -0.468 e. The van der Waals surface area contributed by atoms with Crippen LogP contribution in [0.5, 0.6) is 0 Å². The smallest absolute Gasteiger partial charge is 0.318 e. The van der Waals surface area contributed by atoms with Gasteiger partial charge in [-0.2, -0.15) is 0 Å². The molecule has 0 amide bonds. The van der Waals surface area contributed by atoms with Crippen molar-refractivity contribution >= 4 is 17.7 Å². The van der Waals surface area contributed by atoms with Crippen molar-refractivity contribution in [3.8, 4) is 17.1 Å². The highest BCUT2D eigenvalue weighted by Crippen LogP contribution is 2.30. The zero-order valence-electron chi connectivity index (χ0n) is 13.4. The Morgan fingerprint density at radius 2 is 1.67 bits per heavy atom. The van der Waals surface area contributed by atoms with Gasteiger partial charge in [-0.15, -0.1) is 10.2 Å². The molecule has 5 nitrogen and oxygen atoms in total. The first-order chi connectivity index (χ1) is 11.7. The molecule has 1 atom stereocenters. The quantitative estimate of drug-likeness (QED) is 0.525. The van der Waals surface area contributed by atoms with Crippen molar-refractivity contribution in [3.05, 3.63) is 60.7 Å². The number of rotatable bonds is 5. The van der Waals surface area contributed by atoms with Crippen LogP contribution in [0.2, 0.25) is 0 Å². The van der Waals surface area contributed by atoms with Crippen molar-refractivity contribution in [1.29, 1.82) is 0 Å². The molecular weight excluding hydrogens is 322 g/mol. The molecule has 3 rings (SSSR count). The van der Waals surface area contributed by atoms with Crippen LogP contribution in [0.1, 0.15) is 6.92 Å². The molecule has 0 fully saturated rings. The fourth-order valence-corrected chi connectivity index (χ4v) is 3.20. The summed E-state index contributed by atoms with van der Waals surface area (Å²) in [5.41, 5.74) is 1.91. The molecule has 0 spiro atoms. The largest absolute Gasteiger partial charge is 0.468 e. The number of methoxy groups -OCH3 is 1. The van der Waals surface area contributed by atoms with E-state index in [0.29, 0.717) is 5.16 Å². The Hall–Kier alpha value is -2.60. The lowest BCUT2D eigenvalue weighted by Crippen LogP contribution is -2.15. The number of esters is 1. The Balaban J connectivity index is 2.07. The molecule has 0 unspecified atom stereocenters. The third-order valence-electron chi connectivity index (χ3n) is 3.50. The van der Waals surface area contributed by atoms with Crippen LogP contribution >= 0.6 is 11.8 Å². The Morgan fingerprint density at radius 1 is 1.04 bits per heavy atom. The number of hydrogen-bond acceptors (Lipinski definition) is 5. The molecule has 0 bridgehead atoms. The van der Waals surface area contributed by atoms with Gasteiger partial charge in [-0.1, -0.05) is 60.3 Å². The number of para-hydroxylation sites is 1. The second-order valence-electron chi connectivity index (χ2n) is 5.13. The van der Waals surface area contributed by atoms with Crippen molar-refractivity contribution in [3.63, 3.8) is 0 Å². The van der Waals surface area contributed by atoms with Crippen molar-refractivity contribution in [1.82, 2.24) is 14.8 Å². The average molecular weight is 339 g/mol. The lowest BCUT2D eigenvalue weighted by atomic mass is 10.2. The minimum absolute atomic E-state index is 0.288. The van der Waals surface area contributed by atoms with Crippen LogP contribution in [0, 0.1) is 0 Å². The summed E-state index contributed by atoms with van der Waals surface area (Å²) in [6.07, 6.45) is 0. The third kappa shape index (κ3) is 3.33. The number of benzene rings is 2. The van der Waals surface area contributed by atoms with E-state index < -0.39 is 0 Å². The van der Waals surface area contributed by atoms with Crippen LogP contribution in [-0.2, 0) is 9.53 Å². The van der Waals surface area contributed by atoms with Crippen molar-refractivity contribution in [2.24, 2.45) is 0 Å². The number of ether oxygens (including phenoxy) is 1. The van der Waals surface area contributed by atoms with Gasteiger partial charge in [-0.3, -0.25) is 9.36 Å². The highest BCUT2D eigenvalue weighted by molar-refractivity contribution is 8.00. The van der Waals surface area contributed by atoms with Gasteiger partial charge in [0, 0.05) is 11.3 Å². The molecule has 1 aromatic heterocycles. The molecule has 1 heterocycles. The maximum Gasteiger partial charge on any atom is 0.318 e. The van der Waals surface area contributed by atoms with Gasteiger partial charge in [0.15, 0.2) is 11.0 Å². The molecule has 0 aliphatic carbocycles. The summed E-state index contributed by atoms with van der Waals surface area (Å²) in [5, 5.41) is 8.92. The molecule has 0 radical (unpaired) electrons. The predicted molar refractivity (Wildman–Crippen MR) is 94.1 cm³/mol. The number of carbonyl (C=O) groups is 1. The number of carbonyl (C=O) groups excluding carboxylic acids is 1. The van der Waals surface area contributed by atoms with Crippen LogP contribution in [0.3, 0.4) is 0 Å². The Kier molecular flexibility index (Phi) is 4.96. The summed E-state index contributed by atoms with van der Waals surface area (Å²) in [6.45, 7) is 1.79. The van der Waals surface area contributed by atoms with Crippen molar-refractivity contribution in [2.75, 3.05) is 7.11 Å². The van der Waals surface area contributed by atoms with E-state index >= 15 is 0 Å². The molecule has 3 aromatic rings. The molecule has 0 aliphatic rings. The van der Waals surface area contributed by atoms with E-state index in [1.807, 2.05) is 65.2 Å². The first kappa shape index (κ1) is 16.3. The number of aromatic nitrogens is 3. The topological polar surface area (TPSA) is 57.0 Å². The van der Waals surface area contributed by atoms with E-state index in [0.717, 1.165) is 17.1 Å². The molecule has 24 heavy (non-hydrogen) atoms. The summed E-state index contributed by atoms with van der Waals surface area (Å²) >= 11 is 1.33. The molecule has 0 saturated carbocycles. The minimum atomic E-state index is -0.370. The SMILES string of the molecule is COC(=O)[C@H](C)Sc1nnc(-c2ccccc2)n1-c1ccccc1. The van der Waals surface area contributed by atoms with Gasteiger partial charge in [-0.25, -0.2) is 0 Å². The molecule has 122 valence electrons. The summed E-state index contributed by atoms with van der Waals surface area (Å²) in [6, 6.07) is 19.7. The first-order valence-electron chi connectivity index (χ1n) is 7.51. The molecule has 0 aliphatic heterocycles. The van der Waals surface area contributed by atoms with Gasteiger partial charge in [0.1, 0.15) is 5.25 Å². The van der Waals surface area contributed by atoms with Gasteiger partial charge in [0.2, 0.25) is 0 Å². The second kappa shape index (κ2) is 7.31. The normalized spacial score (nSPS) is 11.9. The monoisotopic (exact) mass is 339 g/mol. The molecule has 2 aromatic carbocycles. The van der Waals surface area contributed by atoms with E-state index in [1.54, 1.807) is 6.92 Å². The second-order valence-corrected chi connectivity index (χ2v) is 6.43. The van der Waals surface area contributed by atoms with E-state index in [2.05, 4.69) is 10.2 Å². The van der Waals surface area contributed by atoms with E-state index in [1.165, 1.54) is 18.9 Å². The van der Waals surface area contributed by atoms with Crippen LogP contribution < -0.4 is 0 Å². The predicted octanol–water partition coefficient (Wildman–Crippen LogP) is 3.59. The van der Waals surface area contributed by atoms with Crippen LogP contribution in [0.25, 0.3) is 17.1 Å². The standard InChI is InChI=1S/C18H17N3O2S/c1-13(17(22)23-2)24-18-20-19-16(14-9-5-3-6-10-14)21(18)15-11-7-4-8-12-15/h3-13H,1-2H3/t13-/m0/s1. The zero-order chi connectivity index (χ0) is 16.9. The van der Waals surface area contributed by atoms with Gasteiger partial charge >= 0.3 is 5.97 Å². The molecule has 6 heteroatoms. The Morgan fingerprint density at radius 3 is 2.29 bits per heavy atom. The number of hydrogen-bond donors (Lipinski definition) is 0. The lowest BCUT2D eigenvalue weighted by Gasteiger charge is -2.12. The van der Waals surface area contributed by atoms with Gasteiger partial charge in [-0.05, 0) is 19.1 Å². The van der Waals surface area contributed by atoms with Crippen LogP contribution in [0.15, 0.2) is 65.8 Å². The summed E-state index contributed by atoms with van der Waals surface area (Å²) < 4.78 is 6.76. The molecule has 0 N–H and O–H groups in total. The van der Waals surface area contributed by atoms with Crippen molar-refractivity contribution < 1.29 is 9.53 Å². The molecular formula is C18H17N3O2S. The fourth-order valence-electron chi connectivity index (χ4n) is 2.30. The van der Waals surface area contributed by atoms with E-state index in [9.17, 15) is 4.79 Å². The van der Waals surface area contributed by atoms with Crippen molar-refractivity contribution in [2.45, 2.75) is 17.3 Å². The first-order valence-corrected chi connectivity index (χ1v) is 8.39. The highest BCUT2D eigenvalue weighted by Gasteiger charge is 2.21. The Bertz CT molecular complexity index is 819. The average Bonchev–Trinajstić information content (AvgIpc) is 3.06. The molecule has 0 saturated heterocycles. The maximum atomic E-state index is 11.7. The van der Waals surface area contributed by atoms with Gasteiger partial charge in [0.05, 0.1) is 7.11 Å². The summed E-state index contributed by atoms with van der Waals surface area (Å²) in [4.78, 5) is 11.7.